The number of aliphatic hydroxyl groups is 2. The van der Waals surface area contributed by atoms with Crippen LogP contribution in [0.5, 0.6) is 5.75 Å². The molecule has 19 heteroatoms. The molecule has 6 aromatic rings. The van der Waals surface area contributed by atoms with Crippen molar-refractivity contribution in [3.63, 3.8) is 0 Å². The van der Waals surface area contributed by atoms with Crippen molar-refractivity contribution in [2.75, 3.05) is 13.1 Å². The molecule has 0 bridgehead atoms. The van der Waals surface area contributed by atoms with Crippen LogP contribution >= 0.6 is 22.7 Å². The van der Waals surface area contributed by atoms with Gasteiger partial charge in [-0.15, -0.1) is 22.7 Å². The molecule has 0 unspecified atom stereocenters. The zero-order chi connectivity index (χ0) is 50.2. The molecule has 71 heavy (non-hydrogen) atoms. The van der Waals surface area contributed by atoms with E-state index >= 15 is 0 Å². The summed E-state index contributed by atoms with van der Waals surface area (Å²) in [6, 6.07) is 19.0. The molecule has 0 aliphatic carbocycles. The summed E-state index contributed by atoms with van der Waals surface area (Å²) in [7, 11) is 0. The van der Waals surface area contributed by atoms with E-state index < -0.39 is 66.0 Å². The van der Waals surface area contributed by atoms with Gasteiger partial charge in [0.05, 0.1) is 63.0 Å². The van der Waals surface area contributed by atoms with E-state index in [1.54, 1.807) is 68.8 Å². The van der Waals surface area contributed by atoms with Gasteiger partial charge in [0, 0.05) is 37.7 Å². The van der Waals surface area contributed by atoms with Crippen molar-refractivity contribution in [3.8, 4) is 26.6 Å². The Kier molecular flexibility index (Phi) is 14.2. The van der Waals surface area contributed by atoms with Crippen LogP contribution < -0.4 is 15.4 Å². The van der Waals surface area contributed by atoms with Crippen molar-refractivity contribution in [3.05, 3.63) is 129 Å². The van der Waals surface area contributed by atoms with E-state index in [0.29, 0.717) is 28.3 Å². The van der Waals surface area contributed by atoms with Crippen molar-refractivity contribution in [2.45, 2.75) is 110 Å². The number of hydrogen-bond donors (Lipinski definition) is 4. The number of amides is 5. The molecule has 2 saturated heterocycles. The molecular weight excluding hydrogens is 945 g/mol. The number of aromatic nitrogens is 3. The summed E-state index contributed by atoms with van der Waals surface area (Å²) in [5.74, 6) is -2.73. The molecule has 6 heterocycles. The Labute approximate surface area is 418 Å². The number of ether oxygens (including phenoxy) is 1. The van der Waals surface area contributed by atoms with Crippen LogP contribution in [0.4, 0.5) is 0 Å². The maximum absolute atomic E-state index is 14.6. The van der Waals surface area contributed by atoms with Gasteiger partial charge in [0.1, 0.15) is 41.8 Å². The number of hydrogen-bond acceptors (Lipinski definition) is 14. The fraction of sp³-hybridized carbons (Fsp3) is 0.385. The second-order valence-electron chi connectivity index (χ2n) is 18.9. The van der Waals surface area contributed by atoms with Gasteiger partial charge in [0.25, 0.3) is 5.91 Å². The van der Waals surface area contributed by atoms with Crippen LogP contribution in [0.15, 0.2) is 88.3 Å². The average molecular weight is 1000 g/mol. The van der Waals surface area contributed by atoms with Crippen LogP contribution in [0.1, 0.15) is 83.0 Å². The first-order valence-corrected chi connectivity index (χ1v) is 25.4. The monoisotopic (exact) mass is 1000 g/mol. The number of aliphatic hydroxyl groups excluding tert-OH is 2. The maximum Gasteiger partial charge on any atom is 0.255 e. The summed E-state index contributed by atoms with van der Waals surface area (Å²) in [5, 5.41) is 31.7. The highest BCUT2D eigenvalue weighted by Gasteiger charge is 2.50. The van der Waals surface area contributed by atoms with E-state index in [1.807, 2.05) is 67.9 Å². The summed E-state index contributed by atoms with van der Waals surface area (Å²) in [6.45, 7) is 11.2. The topological polar surface area (TPSA) is 221 Å². The lowest BCUT2D eigenvalue weighted by atomic mass is 10.00. The average Bonchev–Trinajstić information content (AvgIpc) is 4.24. The molecular formula is C52H56N8O9S2. The number of likely N-dealkylation sites (tertiary alicyclic amines) is 2. The lowest BCUT2D eigenvalue weighted by Crippen LogP contribution is -2.57. The Morgan fingerprint density at radius 2 is 1.39 bits per heavy atom. The Bertz CT molecular complexity index is 2950. The first-order chi connectivity index (χ1) is 34.1. The third kappa shape index (κ3) is 10.1. The van der Waals surface area contributed by atoms with Crippen LogP contribution in [0, 0.1) is 26.7 Å². The minimum atomic E-state index is -1.55. The molecule has 7 atom stereocenters. The highest BCUT2D eigenvalue weighted by molar-refractivity contribution is 7.13. The van der Waals surface area contributed by atoms with Gasteiger partial charge in [0.2, 0.25) is 23.6 Å². The molecule has 9 rings (SSSR count). The van der Waals surface area contributed by atoms with E-state index in [2.05, 4.69) is 25.8 Å². The van der Waals surface area contributed by atoms with Crippen molar-refractivity contribution >= 4 is 52.2 Å². The van der Waals surface area contributed by atoms with Gasteiger partial charge in [-0.2, -0.15) is 0 Å². The quantitative estimate of drug-likeness (QED) is 0.0996. The first-order valence-electron chi connectivity index (χ1n) is 23.6. The SMILES string of the molecule is Cc1cc([C@@H](C)C(=O)N2C[C@H](Oc3ccc4c(c3)C(=O)N([C@H](C(=O)N3C[C@H](O)[C@H](O)[C@H]3C(=O)NCc3ccc(-c5scnc5C)cc3)C(C)C)C4)C[C@H]2C(=O)NCc2ccc(-c3scnc3C)cc2)on1. The van der Waals surface area contributed by atoms with Crippen LogP contribution in [-0.2, 0) is 38.8 Å². The maximum atomic E-state index is 14.6. The molecule has 0 spiro atoms. The zero-order valence-corrected chi connectivity index (χ0v) is 41.8. The van der Waals surface area contributed by atoms with Crippen LogP contribution in [0.25, 0.3) is 20.9 Å². The number of carbonyl (C=O) groups is 5. The standard InChI is InChI=1S/C52H56N8O9S2/c1-27(2)43(52(67)60-24-41(61)45(62)44(60)49(64)54-21-33-9-13-35(14-10-33)47-31(6)56-26-71-47)59-22-36-15-16-37(18-39(36)51(59)66)68-38-19-40(58(23-38)50(65)29(4)42-17-28(3)57-69-42)48(63)53-20-32-7-11-34(12-8-32)46-30(5)55-25-70-46/h7-18,25-27,29,38,40-41,43-45,61-62H,19-24H2,1-6H3,(H,53,63)(H,54,64)/t29-,38-,40+,41+,43+,44+,45+/m1/s1. The van der Waals surface area contributed by atoms with E-state index in [-0.39, 0.29) is 51.0 Å². The number of rotatable bonds is 15. The molecule has 5 amide bonds. The van der Waals surface area contributed by atoms with Crippen molar-refractivity contribution in [2.24, 2.45) is 5.92 Å². The van der Waals surface area contributed by atoms with Crippen LogP contribution in [-0.4, -0.2) is 119 Å². The second kappa shape index (κ2) is 20.5. The molecule has 3 aromatic carbocycles. The number of β-amino-alcohol motifs (C(OH)–C–C–N with tert-alkyl or cyclic N) is 1. The smallest absolute Gasteiger partial charge is 0.255 e. The van der Waals surface area contributed by atoms with Gasteiger partial charge in [-0.3, -0.25) is 24.0 Å². The zero-order valence-electron chi connectivity index (χ0n) is 40.2. The summed E-state index contributed by atoms with van der Waals surface area (Å²) in [4.78, 5) is 85.7. The number of fused-ring (bicyclic) bond motifs is 1. The molecule has 3 aliphatic rings. The largest absolute Gasteiger partial charge is 0.488 e. The molecule has 0 radical (unpaired) electrons. The van der Waals surface area contributed by atoms with Crippen LogP contribution in [0.2, 0.25) is 0 Å². The molecule has 3 aromatic heterocycles. The number of aryl methyl sites for hydroxylation is 3. The number of benzene rings is 3. The second-order valence-corrected chi connectivity index (χ2v) is 20.6. The Morgan fingerprint density at radius 1 is 0.789 bits per heavy atom. The third-order valence-corrected chi connectivity index (χ3v) is 15.5. The summed E-state index contributed by atoms with van der Waals surface area (Å²) in [5.41, 5.74) is 10.8. The predicted molar refractivity (Wildman–Crippen MR) is 265 cm³/mol. The minimum absolute atomic E-state index is 0.0835. The number of carbonyl (C=O) groups excluding carboxylic acids is 5. The Balaban J connectivity index is 0.868. The molecule has 0 saturated carbocycles. The van der Waals surface area contributed by atoms with Gasteiger partial charge in [-0.05, 0) is 73.6 Å². The van der Waals surface area contributed by atoms with E-state index in [4.69, 9.17) is 9.26 Å². The highest BCUT2D eigenvalue weighted by atomic mass is 32.1. The van der Waals surface area contributed by atoms with E-state index in [1.165, 1.54) is 26.0 Å². The van der Waals surface area contributed by atoms with Crippen LogP contribution in [0.3, 0.4) is 0 Å². The van der Waals surface area contributed by atoms with Crippen molar-refractivity contribution < 1.29 is 43.4 Å². The predicted octanol–water partition coefficient (Wildman–Crippen LogP) is 5.54. The van der Waals surface area contributed by atoms with Gasteiger partial charge in [0.15, 0.2) is 0 Å². The number of thiazole rings is 2. The lowest BCUT2D eigenvalue weighted by molar-refractivity contribution is -0.145. The van der Waals surface area contributed by atoms with Crippen molar-refractivity contribution in [1.82, 2.24) is 40.5 Å². The minimum Gasteiger partial charge on any atom is -0.488 e. The van der Waals surface area contributed by atoms with Gasteiger partial charge < -0.3 is 44.8 Å². The molecule has 2 fully saturated rings. The molecule has 17 nitrogen and oxygen atoms in total. The Morgan fingerprint density at radius 3 is 1.94 bits per heavy atom. The third-order valence-electron chi connectivity index (χ3n) is 13.6. The first kappa shape index (κ1) is 49.2. The van der Waals surface area contributed by atoms with Gasteiger partial charge in [-0.25, -0.2) is 9.97 Å². The summed E-state index contributed by atoms with van der Waals surface area (Å²) in [6.07, 6.45) is -3.38. The normalized spacial score (nSPS) is 20.6. The molecule has 370 valence electrons. The fourth-order valence-corrected chi connectivity index (χ4v) is 11.3. The summed E-state index contributed by atoms with van der Waals surface area (Å²) < 4.78 is 11.9. The number of nitrogens with one attached hydrogen (secondary N) is 2. The van der Waals surface area contributed by atoms with Crippen molar-refractivity contribution in [1.29, 1.82) is 0 Å². The van der Waals surface area contributed by atoms with E-state index in [9.17, 15) is 34.2 Å². The van der Waals surface area contributed by atoms with Gasteiger partial charge in [-0.1, -0.05) is 73.6 Å². The van der Waals surface area contributed by atoms with E-state index in [0.717, 1.165) is 43.4 Å². The van der Waals surface area contributed by atoms with Gasteiger partial charge >= 0.3 is 0 Å². The molecule has 3 aliphatic heterocycles. The molecule has 4 N–H and O–H groups in total. The highest BCUT2D eigenvalue weighted by Crippen LogP contribution is 2.35. The summed E-state index contributed by atoms with van der Waals surface area (Å²) >= 11 is 3.10. The number of nitrogens with zero attached hydrogens (tertiary/aromatic N) is 6. The Hall–Kier alpha value is -6.80. The lowest BCUT2D eigenvalue weighted by Gasteiger charge is -2.35. The fourth-order valence-electron chi connectivity index (χ4n) is 9.72.